The molecule has 0 aliphatic rings. The molecule has 0 unspecified atom stereocenters. The lowest BCUT2D eigenvalue weighted by Crippen LogP contribution is -2.43. The molecule has 140 valence electrons. The van der Waals surface area contributed by atoms with Gasteiger partial charge in [0.1, 0.15) is 11.4 Å². The predicted octanol–water partition coefficient (Wildman–Crippen LogP) is 5.28. The van der Waals surface area contributed by atoms with Crippen LogP contribution in [0.4, 0.5) is 5.69 Å². The van der Waals surface area contributed by atoms with Gasteiger partial charge in [-0.25, -0.2) is 0 Å². The summed E-state index contributed by atoms with van der Waals surface area (Å²) in [6.45, 7) is 1.93. The average Bonchev–Trinajstić information content (AvgIpc) is 2.76. The van der Waals surface area contributed by atoms with Crippen molar-refractivity contribution in [3.8, 4) is 5.75 Å². The summed E-state index contributed by atoms with van der Waals surface area (Å²) in [5.41, 5.74) is 0.917. The molecule has 0 aromatic heterocycles. The molecule has 4 aromatic carbocycles. The van der Waals surface area contributed by atoms with Gasteiger partial charge in [0.2, 0.25) is 0 Å². The fourth-order valence-corrected chi connectivity index (χ4v) is 3.76. The molecular formula is C25H23NO2. The zero-order valence-corrected chi connectivity index (χ0v) is 15.7. The van der Waals surface area contributed by atoms with Crippen LogP contribution in [-0.2, 0) is 5.60 Å². The third-order valence-electron chi connectivity index (χ3n) is 5.33. The highest BCUT2D eigenvalue weighted by molar-refractivity contribution is 5.93. The Morgan fingerprint density at radius 3 is 1.86 bits per heavy atom. The van der Waals surface area contributed by atoms with Crippen molar-refractivity contribution in [3.63, 3.8) is 0 Å². The van der Waals surface area contributed by atoms with Gasteiger partial charge in [0, 0.05) is 5.39 Å². The molecule has 0 spiro atoms. The number of benzene rings is 4. The van der Waals surface area contributed by atoms with Crippen molar-refractivity contribution in [1.29, 1.82) is 0 Å². The molecule has 4 aromatic rings. The van der Waals surface area contributed by atoms with E-state index >= 15 is 0 Å². The van der Waals surface area contributed by atoms with E-state index in [4.69, 9.17) is 0 Å². The van der Waals surface area contributed by atoms with Crippen LogP contribution >= 0.6 is 0 Å². The molecule has 0 aliphatic heterocycles. The van der Waals surface area contributed by atoms with E-state index in [-0.39, 0.29) is 5.75 Å². The molecule has 0 amide bonds. The van der Waals surface area contributed by atoms with Gasteiger partial charge in [0.05, 0.1) is 11.7 Å². The molecule has 3 heteroatoms. The van der Waals surface area contributed by atoms with Crippen LogP contribution in [0.5, 0.6) is 5.75 Å². The van der Waals surface area contributed by atoms with E-state index in [2.05, 4.69) is 5.32 Å². The third kappa shape index (κ3) is 3.10. The van der Waals surface area contributed by atoms with Crippen LogP contribution in [-0.4, -0.2) is 16.3 Å². The van der Waals surface area contributed by atoms with Crippen molar-refractivity contribution in [2.45, 2.75) is 18.6 Å². The molecule has 0 heterocycles. The molecule has 4 rings (SSSR count). The minimum Gasteiger partial charge on any atom is -0.505 e. The highest BCUT2D eigenvalue weighted by Gasteiger charge is 2.38. The molecular weight excluding hydrogens is 346 g/mol. The second-order valence-corrected chi connectivity index (χ2v) is 7.05. The normalized spacial score (nSPS) is 12.6. The largest absolute Gasteiger partial charge is 0.505 e. The minimum atomic E-state index is -1.26. The number of phenolic OH excluding ortho intramolecular Hbond substituents is 1. The summed E-state index contributed by atoms with van der Waals surface area (Å²) in [5, 5.41) is 27.7. The van der Waals surface area contributed by atoms with Gasteiger partial charge in [-0.2, -0.15) is 0 Å². The maximum absolute atomic E-state index is 11.8. The quantitative estimate of drug-likeness (QED) is 0.419. The second-order valence-electron chi connectivity index (χ2n) is 7.05. The summed E-state index contributed by atoms with van der Waals surface area (Å²) >= 11 is 0. The number of phenols is 1. The van der Waals surface area contributed by atoms with Crippen LogP contribution in [0.1, 0.15) is 18.1 Å². The van der Waals surface area contributed by atoms with Crippen LogP contribution < -0.4 is 5.32 Å². The maximum Gasteiger partial charge on any atom is 0.146 e. The van der Waals surface area contributed by atoms with Crippen molar-refractivity contribution in [1.82, 2.24) is 0 Å². The van der Waals surface area contributed by atoms with Crippen LogP contribution in [0.3, 0.4) is 0 Å². The molecule has 0 radical (unpaired) electrons. The van der Waals surface area contributed by atoms with E-state index in [0.29, 0.717) is 5.69 Å². The van der Waals surface area contributed by atoms with Gasteiger partial charge >= 0.3 is 0 Å². The first-order valence-electron chi connectivity index (χ1n) is 9.41. The SMILES string of the molecule is C[C@@H](Nc1ccc2ccccc2c1O)C(O)(c1ccccc1)c1ccccc1. The van der Waals surface area contributed by atoms with Gasteiger partial charge in [0.15, 0.2) is 0 Å². The summed E-state index contributed by atoms with van der Waals surface area (Å²) in [5.74, 6) is 0.188. The number of aromatic hydroxyl groups is 1. The van der Waals surface area contributed by atoms with Gasteiger partial charge < -0.3 is 15.5 Å². The van der Waals surface area contributed by atoms with Crippen LogP contribution in [0.15, 0.2) is 97.1 Å². The third-order valence-corrected chi connectivity index (χ3v) is 5.33. The number of fused-ring (bicyclic) bond motifs is 1. The van der Waals surface area contributed by atoms with Crippen LogP contribution in [0.2, 0.25) is 0 Å². The number of rotatable bonds is 5. The van der Waals surface area contributed by atoms with Crippen molar-refractivity contribution in [2.24, 2.45) is 0 Å². The fourth-order valence-electron chi connectivity index (χ4n) is 3.76. The van der Waals surface area contributed by atoms with Crippen molar-refractivity contribution in [2.75, 3.05) is 5.32 Å². The van der Waals surface area contributed by atoms with Gasteiger partial charge in [-0.05, 0) is 29.5 Å². The van der Waals surface area contributed by atoms with Crippen LogP contribution in [0, 0.1) is 0 Å². The molecule has 0 saturated carbocycles. The molecule has 0 saturated heterocycles. The topological polar surface area (TPSA) is 52.5 Å². The Kier molecular flexibility index (Phi) is 4.76. The van der Waals surface area contributed by atoms with Gasteiger partial charge in [-0.1, -0.05) is 91.0 Å². The van der Waals surface area contributed by atoms with Crippen molar-refractivity contribution in [3.05, 3.63) is 108 Å². The lowest BCUT2D eigenvalue weighted by Gasteiger charge is -2.36. The fraction of sp³-hybridized carbons (Fsp3) is 0.120. The average molecular weight is 369 g/mol. The van der Waals surface area contributed by atoms with E-state index in [1.807, 2.05) is 104 Å². The lowest BCUT2D eigenvalue weighted by molar-refractivity contribution is 0.0647. The highest BCUT2D eigenvalue weighted by atomic mass is 16.3. The standard InChI is InChI=1S/C25H23NO2/c1-18(26-23-17-16-19-10-8-9-15-22(19)24(23)27)25(28,20-11-4-2-5-12-20)21-13-6-3-7-14-21/h2-18,26-28H,1H3/t18-/m1/s1. The van der Waals surface area contributed by atoms with Crippen molar-refractivity contribution < 1.29 is 10.2 Å². The molecule has 1 atom stereocenters. The summed E-state index contributed by atoms with van der Waals surface area (Å²) < 4.78 is 0. The monoisotopic (exact) mass is 369 g/mol. The first-order chi connectivity index (χ1) is 13.6. The summed E-state index contributed by atoms with van der Waals surface area (Å²) in [4.78, 5) is 0. The van der Waals surface area contributed by atoms with E-state index in [1.165, 1.54) is 0 Å². The van der Waals surface area contributed by atoms with Gasteiger partial charge in [-0.3, -0.25) is 0 Å². The van der Waals surface area contributed by atoms with E-state index in [1.54, 1.807) is 0 Å². The maximum atomic E-state index is 11.8. The highest BCUT2D eigenvalue weighted by Crippen LogP contribution is 2.38. The molecule has 3 N–H and O–H groups in total. The Morgan fingerprint density at radius 1 is 0.714 bits per heavy atom. The Bertz CT molecular complexity index is 1040. The molecule has 0 fully saturated rings. The minimum absolute atomic E-state index is 0.188. The van der Waals surface area contributed by atoms with E-state index < -0.39 is 11.6 Å². The lowest BCUT2D eigenvalue weighted by atomic mass is 9.80. The second kappa shape index (κ2) is 7.37. The van der Waals surface area contributed by atoms with E-state index in [9.17, 15) is 10.2 Å². The number of anilines is 1. The Hall–Kier alpha value is -3.30. The first-order valence-corrected chi connectivity index (χ1v) is 9.41. The Balaban J connectivity index is 1.77. The van der Waals surface area contributed by atoms with Crippen LogP contribution in [0.25, 0.3) is 10.8 Å². The molecule has 28 heavy (non-hydrogen) atoms. The number of hydrogen-bond acceptors (Lipinski definition) is 3. The smallest absolute Gasteiger partial charge is 0.146 e. The van der Waals surface area contributed by atoms with E-state index in [0.717, 1.165) is 21.9 Å². The molecule has 3 nitrogen and oxygen atoms in total. The zero-order valence-electron chi connectivity index (χ0n) is 15.7. The van der Waals surface area contributed by atoms with Gasteiger partial charge in [0.25, 0.3) is 0 Å². The Labute approximate surface area is 164 Å². The summed E-state index contributed by atoms with van der Waals surface area (Å²) in [7, 11) is 0. The zero-order chi connectivity index (χ0) is 19.6. The number of aliphatic hydroxyl groups is 1. The molecule has 0 bridgehead atoms. The summed E-state index contributed by atoms with van der Waals surface area (Å²) in [6.07, 6.45) is 0. The summed E-state index contributed by atoms with van der Waals surface area (Å²) in [6, 6.07) is 30.4. The number of hydrogen-bond donors (Lipinski definition) is 3. The number of nitrogens with one attached hydrogen (secondary N) is 1. The first kappa shape index (κ1) is 18.1. The predicted molar refractivity (Wildman–Crippen MR) is 115 cm³/mol. The van der Waals surface area contributed by atoms with Gasteiger partial charge in [-0.15, -0.1) is 0 Å². The Morgan fingerprint density at radius 2 is 1.25 bits per heavy atom. The van der Waals surface area contributed by atoms with Crippen molar-refractivity contribution >= 4 is 16.5 Å². The molecule has 0 aliphatic carbocycles.